The maximum absolute atomic E-state index is 11.8. The zero-order valence-electron chi connectivity index (χ0n) is 9.36. The highest BCUT2D eigenvalue weighted by molar-refractivity contribution is 7.86. The molecule has 0 unspecified atom stereocenters. The SMILES string of the molecule is CN(C)S(=O)(=O)N1CC2(CCNCC2)C1. The molecule has 0 saturated carbocycles. The summed E-state index contributed by atoms with van der Waals surface area (Å²) in [5.74, 6) is 0. The van der Waals surface area contributed by atoms with Gasteiger partial charge in [0.05, 0.1) is 0 Å². The Hall–Kier alpha value is -0.170. The summed E-state index contributed by atoms with van der Waals surface area (Å²) in [5, 5.41) is 3.31. The van der Waals surface area contributed by atoms with Gasteiger partial charge in [-0.15, -0.1) is 0 Å². The predicted molar refractivity (Wildman–Crippen MR) is 58.7 cm³/mol. The van der Waals surface area contributed by atoms with E-state index in [-0.39, 0.29) is 5.41 Å². The molecule has 0 amide bonds. The largest absolute Gasteiger partial charge is 0.317 e. The Labute approximate surface area is 91.6 Å². The molecular weight excluding hydrogens is 214 g/mol. The Morgan fingerprint density at radius 3 is 2.20 bits per heavy atom. The summed E-state index contributed by atoms with van der Waals surface area (Å²) in [6.45, 7) is 3.45. The molecule has 5 nitrogen and oxygen atoms in total. The van der Waals surface area contributed by atoms with Gasteiger partial charge in [0.1, 0.15) is 0 Å². The fraction of sp³-hybridized carbons (Fsp3) is 1.00. The van der Waals surface area contributed by atoms with Gasteiger partial charge < -0.3 is 5.32 Å². The third-order valence-corrected chi connectivity index (χ3v) is 5.31. The first-order chi connectivity index (χ1) is 6.96. The molecule has 0 aromatic carbocycles. The van der Waals surface area contributed by atoms with Crippen molar-refractivity contribution in [1.29, 1.82) is 0 Å². The van der Waals surface area contributed by atoms with E-state index in [0.717, 1.165) is 25.9 Å². The second-order valence-corrected chi connectivity index (χ2v) is 6.95. The second-order valence-electron chi connectivity index (χ2n) is 4.81. The van der Waals surface area contributed by atoms with Crippen molar-refractivity contribution in [3.05, 3.63) is 0 Å². The number of rotatable bonds is 2. The maximum atomic E-state index is 11.8. The normalized spacial score (nSPS) is 26.9. The van der Waals surface area contributed by atoms with Gasteiger partial charge in [0.15, 0.2) is 0 Å². The molecule has 0 bridgehead atoms. The molecule has 2 saturated heterocycles. The molecule has 2 aliphatic rings. The van der Waals surface area contributed by atoms with Crippen molar-refractivity contribution in [2.45, 2.75) is 12.8 Å². The van der Waals surface area contributed by atoms with Crippen LogP contribution < -0.4 is 5.32 Å². The summed E-state index contributed by atoms with van der Waals surface area (Å²) in [6.07, 6.45) is 2.21. The van der Waals surface area contributed by atoms with E-state index in [9.17, 15) is 8.42 Å². The summed E-state index contributed by atoms with van der Waals surface area (Å²) in [4.78, 5) is 0. The zero-order valence-corrected chi connectivity index (χ0v) is 10.2. The molecule has 0 aliphatic carbocycles. The lowest BCUT2D eigenvalue weighted by Gasteiger charge is -2.51. The number of piperidine rings is 1. The molecule has 1 N–H and O–H groups in total. The highest BCUT2D eigenvalue weighted by Gasteiger charge is 2.48. The van der Waals surface area contributed by atoms with Gasteiger partial charge in [0, 0.05) is 32.6 Å². The third-order valence-electron chi connectivity index (χ3n) is 3.48. The average Bonchev–Trinajstić information content (AvgIpc) is 2.15. The Balaban J connectivity index is 1.98. The lowest BCUT2D eigenvalue weighted by molar-refractivity contribution is 0.0339. The van der Waals surface area contributed by atoms with E-state index in [2.05, 4.69) is 5.32 Å². The second kappa shape index (κ2) is 3.69. The molecule has 6 heteroatoms. The molecule has 1 spiro atoms. The van der Waals surface area contributed by atoms with Crippen LogP contribution in [0.15, 0.2) is 0 Å². The highest BCUT2D eigenvalue weighted by Crippen LogP contribution is 2.40. The summed E-state index contributed by atoms with van der Waals surface area (Å²) in [7, 11) is 0.00287. The molecule has 0 atom stereocenters. The number of hydrogen-bond acceptors (Lipinski definition) is 3. The fourth-order valence-corrected chi connectivity index (χ4v) is 3.71. The number of nitrogens with one attached hydrogen (secondary N) is 1. The van der Waals surface area contributed by atoms with Gasteiger partial charge in [-0.1, -0.05) is 0 Å². The lowest BCUT2D eigenvalue weighted by atomic mass is 9.74. The summed E-state index contributed by atoms with van der Waals surface area (Å²) in [5.41, 5.74) is 0.272. The zero-order chi connectivity index (χ0) is 11.1. The minimum absolute atomic E-state index is 0.272. The van der Waals surface area contributed by atoms with E-state index >= 15 is 0 Å². The van der Waals surface area contributed by atoms with Crippen LogP contribution in [0.4, 0.5) is 0 Å². The third kappa shape index (κ3) is 1.91. The van der Waals surface area contributed by atoms with Crippen molar-refractivity contribution in [3.8, 4) is 0 Å². The van der Waals surface area contributed by atoms with Crippen LogP contribution in [-0.4, -0.2) is 57.3 Å². The van der Waals surface area contributed by atoms with Gasteiger partial charge >= 0.3 is 0 Å². The minimum Gasteiger partial charge on any atom is -0.317 e. The highest BCUT2D eigenvalue weighted by atomic mass is 32.2. The first-order valence-corrected chi connectivity index (χ1v) is 6.74. The van der Waals surface area contributed by atoms with E-state index in [4.69, 9.17) is 0 Å². The van der Waals surface area contributed by atoms with Gasteiger partial charge in [-0.25, -0.2) is 0 Å². The van der Waals surface area contributed by atoms with Crippen LogP contribution in [-0.2, 0) is 10.2 Å². The van der Waals surface area contributed by atoms with E-state index in [1.165, 1.54) is 4.31 Å². The predicted octanol–water partition coefficient (Wildman–Crippen LogP) is -0.522. The van der Waals surface area contributed by atoms with Crippen LogP contribution in [0.3, 0.4) is 0 Å². The Kier molecular flexibility index (Phi) is 2.79. The van der Waals surface area contributed by atoms with Crippen molar-refractivity contribution in [2.24, 2.45) is 5.41 Å². The minimum atomic E-state index is -3.17. The van der Waals surface area contributed by atoms with Crippen LogP contribution in [0.25, 0.3) is 0 Å². The topological polar surface area (TPSA) is 52.7 Å². The molecule has 0 aromatic heterocycles. The van der Waals surface area contributed by atoms with Crippen LogP contribution in [0, 0.1) is 5.41 Å². The van der Waals surface area contributed by atoms with E-state index in [0.29, 0.717) is 13.1 Å². The monoisotopic (exact) mass is 233 g/mol. The standard InChI is InChI=1S/C9H19N3O2S/c1-11(2)15(13,14)12-7-9(8-12)3-5-10-6-4-9/h10H,3-8H2,1-2H3. The van der Waals surface area contributed by atoms with Crippen LogP contribution in [0.2, 0.25) is 0 Å². The maximum Gasteiger partial charge on any atom is 0.281 e. The lowest BCUT2D eigenvalue weighted by Crippen LogP contribution is -2.63. The molecular formula is C9H19N3O2S. The van der Waals surface area contributed by atoms with E-state index in [1.54, 1.807) is 18.4 Å². The van der Waals surface area contributed by atoms with Crippen LogP contribution in [0.1, 0.15) is 12.8 Å². The van der Waals surface area contributed by atoms with Gasteiger partial charge in [-0.3, -0.25) is 0 Å². The van der Waals surface area contributed by atoms with E-state index < -0.39 is 10.2 Å². The van der Waals surface area contributed by atoms with Gasteiger partial charge in [0.2, 0.25) is 0 Å². The molecule has 88 valence electrons. The van der Waals surface area contributed by atoms with Crippen molar-refractivity contribution in [2.75, 3.05) is 40.3 Å². The first-order valence-electron chi connectivity index (χ1n) is 5.35. The van der Waals surface area contributed by atoms with Crippen molar-refractivity contribution >= 4 is 10.2 Å². The average molecular weight is 233 g/mol. The fourth-order valence-electron chi connectivity index (χ4n) is 2.37. The van der Waals surface area contributed by atoms with Crippen LogP contribution in [0.5, 0.6) is 0 Å². The molecule has 0 aromatic rings. The Bertz CT molecular complexity index is 325. The quantitative estimate of drug-likeness (QED) is 0.698. The number of nitrogens with zero attached hydrogens (tertiary/aromatic N) is 2. The van der Waals surface area contributed by atoms with Crippen molar-refractivity contribution in [1.82, 2.24) is 13.9 Å². The smallest absolute Gasteiger partial charge is 0.281 e. The molecule has 2 fully saturated rings. The summed E-state index contributed by atoms with van der Waals surface area (Å²) >= 11 is 0. The molecule has 2 aliphatic heterocycles. The van der Waals surface area contributed by atoms with Gasteiger partial charge in [0.25, 0.3) is 10.2 Å². The van der Waals surface area contributed by atoms with E-state index in [1.807, 2.05) is 0 Å². The number of hydrogen-bond donors (Lipinski definition) is 1. The summed E-state index contributed by atoms with van der Waals surface area (Å²) < 4.78 is 26.4. The van der Waals surface area contributed by atoms with Crippen molar-refractivity contribution in [3.63, 3.8) is 0 Å². The Morgan fingerprint density at radius 2 is 1.73 bits per heavy atom. The van der Waals surface area contributed by atoms with Crippen molar-refractivity contribution < 1.29 is 8.42 Å². The molecule has 15 heavy (non-hydrogen) atoms. The summed E-state index contributed by atoms with van der Waals surface area (Å²) in [6, 6.07) is 0. The molecule has 2 rings (SSSR count). The molecule has 0 radical (unpaired) electrons. The van der Waals surface area contributed by atoms with Gasteiger partial charge in [-0.05, 0) is 25.9 Å². The molecule has 2 heterocycles. The first kappa shape index (κ1) is 11.3. The Morgan fingerprint density at radius 1 is 1.20 bits per heavy atom. The van der Waals surface area contributed by atoms with Gasteiger partial charge in [-0.2, -0.15) is 17.0 Å². The van der Waals surface area contributed by atoms with Crippen LogP contribution >= 0.6 is 0 Å².